The number of nitrogens with one attached hydrogen (secondary N) is 1. The third-order valence-corrected chi connectivity index (χ3v) is 2.86. The normalized spacial score (nSPS) is 10.3. The van der Waals surface area contributed by atoms with Crippen molar-refractivity contribution >= 4 is 5.97 Å². The molecule has 1 aromatic carbocycles. The lowest BCUT2D eigenvalue weighted by atomic mass is 9.96. The Balaban J connectivity index is 2.79. The zero-order valence-corrected chi connectivity index (χ0v) is 10.2. The average Bonchev–Trinajstić information content (AvgIpc) is 2.31. The summed E-state index contributed by atoms with van der Waals surface area (Å²) in [5.41, 5.74) is 2.39. The second kappa shape index (κ2) is 4.49. The van der Waals surface area contributed by atoms with Crippen LogP contribution in [0.25, 0.3) is 11.1 Å². The number of rotatable bonds is 2. The van der Waals surface area contributed by atoms with Crippen molar-refractivity contribution in [2.45, 2.75) is 13.8 Å². The van der Waals surface area contributed by atoms with E-state index in [4.69, 9.17) is 5.11 Å². The van der Waals surface area contributed by atoms with Crippen molar-refractivity contribution in [1.82, 2.24) is 4.98 Å². The third-order valence-electron chi connectivity index (χ3n) is 2.86. The van der Waals surface area contributed by atoms with Gasteiger partial charge in [0, 0.05) is 11.8 Å². The molecule has 0 saturated heterocycles. The van der Waals surface area contributed by atoms with Crippen molar-refractivity contribution in [2.75, 3.05) is 0 Å². The molecule has 0 radical (unpaired) electrons. The minimum Gasteiger partial charge on any atom is -0.477 e. The van der Waals surface area contributed by atoms with Gasteiger partial charge in [0.25, 0.3) is 5.56 Å². The molecule has 0 aliphatic carbocycles. The summed E-state index contributed by atoms with van der Waals surface area (Å²) in [5.74, 6) is -1.22. The molecular formula is C14H13NO3. The van der Waals surface area contributed by atoms with Crippen LogP contribution in [-0.4, -0.2) is 16.1 Å². The fraction of sp³-hybridized carbons (Fsp3) is 0.143. The molecule has 2 aromatic rings. The lowest BCUT2D eigenvalue weighted by Gasteiger charge is -2.09. The van der Waals surface area contributed by atoms with Gasteiger partial charge in [-0.15, -0.1) is 0 Å². The van der Waals surface area contributed by atoms with Crippen LogP contribution in [0.2, 0.25) is 0 Å². The van der Waals surface area contributed by atoms with E-state index < -0.39 is 11.5 Å². The van der Waals surface area contributed by atoms with Crippen LogP contribution in [0.4, 0.5) is 0 Å². The van der Waals surface area contributed by atoms with Crippen LogP contribution in [0.5, 0.6) is 0 Å². The minimum atomic E-state index is -1.22. The van der Waals surface area contributed by atoms with E-state index >= 15 is 0 Å². The number of carboxylic acids is 1. The van der Waals surface area contributed by atoms with Gasteiger partial charge in [-0.25, -0.2) is 4.79 Å². The number of carboxylic acid groups (broad SMARTS) is 1. The van der Waals surface area contributed by atoms with Crippen LogP contribution in [0.15, 0.2) is 35.3 Å². The van der Waals surface area contributed by atoms with Crippen molar-refractivity contribution < 1.29 is 9.90 Å². The van der Waals surface area contributed by atoms with Gasteiger partial charge in [0.05, 0.1) is 0 Å². The zero-order chi connectivity index (χ0) is 13.3. The first kappa shape index (κ1) is 12.1. The van der Waals surface area contributed by atoms with E-state index in [0.717, 1.165) is 16.7 Å². The fourth-order valence-electron chi connectivity index (χ4n) is 1.94. The number of carbonyl (C=O) groups is 1. The lowest BCUT2D eigenvalue weighted by molar-refractivity contribution is 0.0696. The standard InChI is InChI=1S/C14H13NO3/c1-8-3-4-9(2)11(7-8)10-5-6-15-13(16)12(10)14(17)18/h3-7H,1-2H3,(H,15,16)(H,17,18). The Hall–Kier alpha value is -2.36. The van der Waals surface area contributed by atoms with Crippen molar-refractivity contribution in [2.24, 2.45) is 0 Å². The maximum absolute atomic E-state index is 11.6. The predicted molar refractivity (Wildman–Crippen MR) is 68.9 cm³/mol. The Morgan fingerprint density at radius 3 is 2.56 bits per heavy atom. The second-order valence-corrected chi connectivity index (χ2v) is 4.22. The SMILES string of the molecule is Cc1ccc(C)c(-c2cc[nH]c(=O)c2C(=O)O)c1. The molecule has 0 fully saturated rings. The van der Waals surface area contributed by atoms with Gasteiger partial charge in [0.2, 0.25) is 0 Å². The summed E-state index contributed by atoms with van der Waals surface area (Å²) in [6.45, 7) is 3.82. The first-order valence-electron chi connectivity index (χ1n) is 5.53. The van der Waals surface area contributed by atoms with E-state index in [1.165, 1.54) is 6.20 Å². The molecule has 1 aromatic heterocycles. The molecule has 4 heteroatoms. The summed E-state index contributed by atoms with van der Waals surface area (Å²) in [6.07, 6.45) is 1.46. The molecule has 0 amide bonds. The highest BCUT2D eigenvalue weighted by Gasteiger charge is 2.17. The van der Waals surface area contributed by atoms with Crippen LogP contribution >= 0.6 is 0 Å². The van der Waals surface area contributed by atoms with E-state index in [1.54, 1.807) is 6.07 Å². The van der Waals surface area contributed by atoms with Gasteiger partial charge in [0.15, 0.2) is 0 Å². The van der Waals surface area contributed by atoms with E-state index in [-0.39, 0.29) is 5.56 Å². The second-order valence-electron chi connectivity index (χ2n) is 4.22. The molecule has 0 spiro atoms. The molecule has 0 aliphatic heterocycles. The highest BCUT2D eigenvalue weighted by Crippen LogP contribution is 2.25. The number of aryl methyl sites for hydroxylation is 2. The average molecular weight is 243 g/mol. The maximum atomic E-state index is 11.6. The van der Waals surface area contributed by atoms with E-state index in [9.17, 15) is 9.59 Å². The highest BCUT2D eigenvalue weighted by molar-refractivity contribution is 5.96. The van der Waals surface area contributed by atoms with Crippen molar-refractivity contribution in [3.05, 3.63) is 57.5 Å². The monoisotopic (exact) mass is 243 g/mol. The molecule has 0 aliphatic rings. The number of hydrogen-bond acceptors (Lipinski definition) is 2. The fourth-order valence-corrected chi connectivity index (χ4v) is 1.94. The maximum Gasteiger partial charge on any atom is 0.341 e. The Kier molecular flexibility index (Phi) is 3.02. The number of benzene rings is 1. The summed E-state index contributed by atoms with van der Waals surface area (Å²) >= 11 is 0. The topological polar surface area (TPSA) is 70.2 Å². The van der Waals surface area contributed by atoms with E-state index in [1.807, 2.05) is 32.0 Å². The molecule has 4 nitrogen and oxygen atoms in total. The quantitative estimate of drug-likeness (QED) is 0.850. The highest BCUT2D eigenvalue weighted by atomic mass is 16.4. The molecule has 2 N–H and O–H groups in total. The van der Waals surface area contributed by atoms with Gasteiger partial charge in [-0.05, 0) is 31.0 Å². The van der Waals surface area contributed by atoms with Gasteiger partial charge in [0.1, 0.15) is 5.56 Å². The summed E-state index contributed by atoms with van der Waals surface area (Å²) in [7, 11) is 0. The Morgan fingerprint density at radius 2 is 1.89 bits per heavy atom. The molecule has 0 saturated carbocycles. The van der Waals surface area contributed by atoms with E-state index in [0.29, 0.717) is 5.56 Å². The number of aromatic amines is 1. The number of aromatic carboxylic acids is 1. The molecule has 18 heavy (non-hydrogen) atoms. The largest absolute Gasteiger partial charge is 0.477 e. The van der Waals surface area contributed by atoms with Crippen LogP contribution in [-0.2, 0) is 0 Å². The van der Waals surface area contributed by atoms with Crippen LogP contribution in [0, 0.1) is 13.8 Å². The molecule has 92 valence electrons. The van der Waals surface area contributed by atoms with Crippen LogP contribution in [0.1, 0.15) is 21.5 Å². The van der Waals surface area contributed by atoms with Gasteiger partial charge in [-0.2, -0.15) is 0 Å². The number of pyridine rings is 1. The van der Waals surface area contributed by atoms with E-state index in [2.05, 4.69) is 4.98 Å². The van der Waals surface area contributed by atoms with Crippen LogP contribution in [0.3, 0.4) is 0 Å². The minimum absolute atomic E-state index is 0.216. The zero-order valence-electron chi connectivity index (χ0n) is 10.2. The third kappa shape index (κ3) is 2.05. The van der Waals surface area contributed by atoms with Crippen molar-refractivity contribution in [1.29, 1.82) is 0 Å². The molecule has 0 atom stereocenters. The first-order chi connectivity index (χ1) is 8.50. The van der Waals surface area contributed by atoms with Crippen molar-refractivity contribution in [3.63, 3.8) is 0 Å². The van der Waals surface area contributed by atoms with Crippen molar-refractivity contribution in [3.8, 4) is 11.1 Å². The lowest BCUT2D eigenvalue weighted by Crippen LogP contribution is -2.18. The molecular weight excluding hydrogens is 230 g/mol. The Bertz CT molecular complexity index is 671. The molecule has 0 bridgehead atoms. The van der Waals surface area contributed by atoms with Crippen LogP contribution < -0.4 is 5.56 Å². The van der Waals surface area contributed by atoms with Gasteiger partial charge < -0.3 is 10.1 Å². The van der Waals surface area contributed by atoms with Gasteiger partial charge in [-0.3, -0.25) is 4.79 Å². The van der Waals surface area contributed by atoms with Gasteiger partial charge >= 0.3 is 5.97 Å². The number of aromatic nitrogens is 1. The molecule has 0 unspecified atom stereocenters. The summed E-state index contributed by atoms with van der Waals surface area (Å²) in [5, 5.41) is 9.15. The Morgan fingerprint density at radius 1 is 1.17 bits per heavy atom. The number of hydrogen-bond donors (Lipinski definition) is 2. The first-order valence-corrected chi connectivity index (χ1v) is 5.53. The number of H-pyrrole nitrogens is 1. The summed E-state index contributed by atoms with van der Waals surface area (Å²) in [4.78, 5) is 25.2. The summed E-state index contributed by atoms with van der Waals surface area (Å²) in [6, 6.07) is 7.37. The summed E-state index contributed by atoms with van der Waals surface area (Å²) < 4.78 is 0. The molecule has 2 rings (SSSR count). The molecule has 1 heterocycles. The Labute approximate surface area is 104 Å². The smallest absolute Gasteiger partial charge is 0.341 e. The van der Waals surface area contributed by atoms with Gasteiger partial charge in [-0.1, -0.05) is 23.8 Å². The predicted octanol–water partition coefficient (Wildman–Crippen LogP) is 2.36.